The Kier molecular flexibility index (Phi) is 4.09. The van der Waals surface area contributed by atoms with Gasteiger partial charge in [-0.15, -0.1) is 5.73 Å². The Balaban J connectivity index is 2.37. The summed E-state index contributed by atoms with van der Waals surface area (Å²) in [7, 11) is 1.35. The number of rotatable bonds is 1. The lowest BCUT2D eigenvalue weighted by Crippen LogP contribution is -2.39. The first-order valence-electron chi connectivity index (χ1n) is 6.55. The molecule has 0 N–H and O–H groups in total. The number of carbonyl (C=O) groups is 1. The minimum Gasteiger partial charge on any atom is -0.466 e. The molecule has 0 aromatic heterocycles. The standard InChI is InChI=1S/C15H18N2O2/c1-3-11-6-4-5-7-17-10-13(15(18)19-2)12(9-16)8-14(11)17/h10,12,14H,1,4-8H2,2H3/t12-,14+/m0/s1. The van der Waals surface area contributed by atoms with Crippen LogP contribution in [0.15, 0.2) is 29.7 Å². The van der Waals surface area contributed by atoms with Crippen LogP contribution in [0.1, 0.15) is 25.7 Å². The van der Waals surface area contributed by atoms with Gasteiger partial charge in [0.15, 0.2) is 0 Å². The van der Waals surface area contributed by atoms with Gasteiger partial charge < -0.3 is 9.64 Å². The molecule has 0 saturated carbocycles. The average molecular weight is 258 g/mol. The minimum absolute atomic E-state index is 0.151. The Morgan fingerprint density at radius 1 is 1.58 bits per heavy atom. The molecule has 0 aliphatic carbocycles. The van der Waals surface area contributed by atoms with Crippen molar-refractivity contribution in [3.05, 3.63) is 29.7 Å². The SMILES string of the molecule is C=C=C1CCCCN2C=C(C(=O)OC)[C@H](C#N)C[C@H]12. The van der Waals surface area contributed by atoms with E-state index in [0.29, 0.717) is 12.0 Å². The second kappa shape index (κ2) is 5.77. The molecular formula is C15H18N2O2. The molecule has 4 heteroatoms. The van der Waals surface area contributed by atoms with Gasteiger partial charge >= 0.3 is 5.97 Å². The number of fused-ring (bicyclic) bond motifs is 1. The van der Waals surface area contributed by atoms with Crippen LogP contribution in [0.2, 0.25) is 0 Å². The summed E-state index contributed by atoms with van der Waals surface area (Å²) >= 11 is 0. The third-order valence-electron chi connectivity index (χ3n) is 3.86. The molecule has 1 saturated heterocycles. The van der Waals surface area contributed by atoms with Crippen LogP contribution in [0.25, 0.3) is 0 Å². The molecule has 0 bridgehead atoms. The lowest BCUT2D eigenvalue weighted by Gasteiger charge is -2.36. The molecule has 100 valence electrons. The largest absolute Gasteiger partial charge is 0.466 e. The molecule has 1 fully saturated rings. The molecule has 2 aliphatic heterocycles. The number of esters is 1. The van der Waals surface area contributed by atoms with Gasteiger partial charge in [-0.05, 0) is 31.3 Å². The summed E-state index contributed by atoms with van der Waals surface area (Å²) in [5.41, 5.74) is 4.63. The van der Waals surface area contributed by atoms with Crippen LogP contribution in [-0.2, 0) is 9.53 Å². The smallest absolute Gasteiger partial charge is 0.336 e. The van der Waals surface area contributed by atoms with Crippen molar-refractivity contribution in [3.63, 3.8) is 0 Å². The number of nitriles is 1. The van der Waals surface area contributed by atoms with E-state index in [2.05, 4.69) is 23.3 Å². The number of methoxy groups -OCH3 is 1. The van der Waals surface area contributed by atoms with E-state index in [9.17, 15) is 10.1 Å². The molecule has 0 spiro atoms. The van der Waals surface area contributed by atoms with Gasteiger partial charge in [0.05, 0.1) is 30.7 Å². The molecular weight excluding hydrogens is 240 g/mol. The molecule has 0 aromatic rings. The van der Waals surface area contributed by atoms with Gasteiger partial charge in [0.1, 0.15) is 0 Å². The predicted molar refractivity (Wildman–Crippen MR) is 70.8 cm³/mol. The fraction of sp³-hybridized carbons (Fsp3) is 0.533. The molecule has 0 aromatic carbocycles. The van der Waals surface area contributed by atoms with Crippen molar-refractivity contribution in [1.29, 1.82) is 5.26 Å². The molecule has 0 radical (unpaired) electrons. The van der Waals surface area contributed by atoms with Crippen molar-refractivity contribution in [3.8, 4) is 6.07 Å². The van der Waals surface area contributed by atoms with Gasteiger partial charge in [-0.2, -0.15) is 5.26 Å². The van der Waals surface area contributed by atoms with E-state index in [1.807, 2.05) is 0 Å². The van der Waals surface area contributed by atoms with E-state index < -0.39 is 11.9 Å². The van der Waals surface area contributed by atoms with E-state index >= 15 is 0 Å². The summed E-state index contributed by atoms with van der Waals surface area (Å²) in [5, 5.41) is 9.26. The number of hydrogen-bond acceptors (Lipinski definition) is 4. The summed E-state index contributed by atoms with van der Waals surface area (Å²) < 4.78 is 4.77. The Labute approximate surface area is 113 Å². The van der Waals surface area contributed by atoms with Crippen LogP contribution in [0.3, 0.4) is 0 Å². The van der Waals surface area contributed by atoms with Gasteiger partial charge in [-0.3, -0.25) is 0 Å². The van der Waals surface area contributed by atoms with Crippen molar-refractivity contribution >= 4 is 5.97 Å². The van der Waals surface area contributed by atoms with Gasteiger partial charge in [0, 0.05) is 12.7 Å². The first-order chi connectivity index (χ1) is 9.21. The Morgan fingerprint density at radius 2 is 2.37 bits per heavy atom. The normalized spacial score (nSPS) is 26.4. The van der Waals surface area contributed by atoms with E-state index in [-0.39, 0.29) is 6.04 Å². The fourth-order valence-electron chi connectivity index (χ4n) is 2.82. The van der Waals surface area contributed by atoms with Gasteiger partial charge in [0.25, 0.3) is 0 Å². The van der Waals surface area contributed by atoms with Crippen LogP contribution in [0, 0.1) is 17.2 Å². The highest BCUT2D eigenvalue weighted by molar-refractivity contribution is 5.89. The molecule has 2 aliphatic rings. The van der Waals surface area contributed by atoms with Crippen LogP contribution < -0.4 is 0 Å². The summed E-state index contributed by atoms with van der Waals surface area (Å²) in [6.07, 6.45) is 5.57. The van der Waals surface area contributed by atoms with Crippen LogP contribution in [0.5, 0.6) is 0 Å². The maximum Gasteiger partial charge on any atom is 0.336 e. The van der Waals surface area contributed by atoms with Crippen LogP contribution in [-0.4, -0.2) is 30.6 Å². The molecule has 2 heterocycles. The zero-order chi connectivity index (χ0) is 13.8. The van der Waals surface area contributed by atoms with Crippen molar-refractivity contribution in [2.24, 2.45) is 5.92 Å². The van der Waals surface area contributed by atoms with E-state index in [1.54, 1.807) is 6.20 Å². The summed E-state index contributed by atoms with van der Waals surface area (Å²) in [5.74, 6) is -0.812. The maximum absolute atomic E-state index is 11.7. The second-order valence-corrected chi connectivity index (χ2v) is 4.91. The van der Waals surface area contributed by atoms with E-state index in [0.717, 1.165) is 31.4 Å². The monoisotopic (exact) mass is 258 g/mol. The topological polar surface area (TPSA) is 53.3 Å². The highest BCUT2D eigenvalue weighted by Gasteiger charge is 2.35. The van der Waals surface area contributed by atoms with Crippen molar-refractivity contribution in [2.75, 3.05) is 13.7 Å². The molecule has 0 amide bonds. The molecule has 2 atom stereocenters. The van der Waals surface area contributed by atoms with Gasteiger partial charge in [-0.1, -0.05) is 6.58 Å². The molecule has 0 unspecified atom stereocenters. The van der Waals surface area contributed by atoms with E-state index in [4.69, 9.17) is 4.74 Å². The summed E-state index contributed by atoms with van der Waals surface area (Å²) in [4.78, 5) is 13.9. The van der Waals surface area contributed by atoms with Crippen molar-refractivity contribution in [2.45, 2.75) is 31.7 Å². The van der Waals surface area contributed by atoms with Crippen molar-refractivity contribution in [1.82, 2.24) is 4.90 Å². The number of hydrogen-bond donors (Lipinski definition) is 0. The third kappa shape index (κ3) is 2.57. The predicted octanol–water partition coefficient (Wildman–Crippen LogP) is 2.15. The average Bonchev–Trinajstić information content (AvgIpc) is 2.66. The number of ether oxygens (including phenoxy) is 1. The highest BCUT2D eigenvalue weighted by atomic mass is 16.5. The van der Waals surface area contributed by atoms with Gasteiger partial charge in [0.2, 0.25) is 0 Å². The lowest BCUT2D eigenvalue weighted by molar-refractivity contribution is -0.136. The quantitative estimate of drug-likeness (QED) is 0.534. The number of carbonyl (C=O) groups excluding carboxylic acids is 1. The Morgan fingerprint density at radius 3 is 3.00 bits per heavy atom. The van der Waals surface area contributed by atoms with Crippen LogP contribution in [0.4, 0.5) is 0 Å². The molecule has 19 heavy (non-hydrogen) atoms. The first-order valence-corrected chi connectivity index (χ1v) is 6.55. The van der Waals surface area contributed by atoms with Crippen LogP contribution >= 0.6 is 0 Å². The number of nitrogens with zero attached hydrogens (tertiary/aromatic N) is 2. The molecule has 2 rings (SSSR count). The zero-order valence-corrected chi connectivity index (χ0v) is 11.2. The fourth-order valence-corrected chi connectivity index (χ4v) is 2.82. The maximum atomic E-state index is 11.7. The first kappa shape index (κ1) is 13.5. The summed E-state index contributed by atoms with van der Waals surface area (Å²) in [6.45, 7) is 4.65. The van der Waals surface area contributed by atoms with Gasteiger partial charge in [-0.25, -0.2) is 4.79 Å². The summed E-state index contributed by atoms with van der Waals surface area (Å²) in [6, 6.07) is 2.36. The molecule has 4 nitrogen and oxygen atoms in total. The Hall–Kier alpha value is -1.98. The highest BCUT2D eigenvalue weighted by Crippen LogP contribution is 2.34. The second-order valence-electron chi connectivity index (χ2n) is 4.91. The third-order valence-corrected chi connectivity index (χ3v) is 3.86. The minimum atomic E-state index is -0.407. The lowest BCUT2D eigenvalue weighted by atomic mass is 9.86. The van der Waals surface area contributed by atoms with Crippen molar-refractivity contribution < 1.29 is 9.53 Å². The Bertz CT molecular complexity index is 495. The van der Waals surface area contributed by atoms with E-state index in [1.165, 1.54) is 7.11 Å². The zero-order valence-electron chi connectivity index (χ0n) is 11.2.